The minimum absolute atomic E-state index is 0. The number of halogens is 6. The molecule has 0 saturated heterocycles. The average Bonchev–Trinajstić information content (AvgIpc) is 2.56. The molecule has 0 unspecified atom stereocenters. The molecule has 1 aromatic rings. The molecule has 141 valence electrons. The van der Waals surface area contributed by atoms with E-state index >= 15 is 0 Å². The Kier molecular flexibility index (Phi) is 7.59. The van der Waals surface area contributed by atoms with Crippen LogP contribution in [0.3, 0.4) is 0 Å². The van der Waals surface area contributed by atoms with E-state index in [0.717, 1.165) is 18.3 Å². The van der Waals surface area contributed by atoms with Gasteiger partial charge in [-0.05, 0) is 13.0 Å². The Morgan fingerprint density at radius 1 is 1.16 bits per heavy atom. The van der Waals surface area contributed by atoms with Gasteiger partial charge < -0.3 is 10.1 Å². The number of hydrogen-bond acceptors (Lipinski definition) is 2. The van der Waals surface area contributed by atoms with Crippen LogP contribution in [0.4, 0.5) is 26.3 Å². The number of ketones is 1. The van der Waals surface area contributed by atoms with Crippen molar-refractivity contribution in [2.24, 2.45) is 0 Å². The predicted octanol–water partition coefficient (Wildman–Crippen LogP) is 4.20. The van der Waals surface area contributed by atoms with Gasteiger partial charge in [0.15, 0.2) is 0 Å². The smallest absolute Gasteiger partial charge is 0.360 e. The first-order valence-electron chi connectivity index (χ1n) is 6.43. The van der Waals surface area contributed by atoms with Crippen LogP contribution >= 0.6 is 0 Å². The third kappa shape index (κ3) is 4.92. The van der Waals surface area contributed by atoms with E-state index < -0.39 is 29.0 Å². The number of aromatic nitrogens is 1. The summed E-state index contributed by atoms with van der Waals surface area (Å²) >= 11 is 0. The molecule has 0 aliphatic heterocycles. The van der Waals surface area contributed by atoms with E-state index in [1.54, 1.807) is 0 Å². The minimum atomic E-state index is -5.49. The van der Waals surface area contributed by atoms with Gasteiger partial charge in [0.2, 0.25) is 0 Å². The van der Waals surface area contributed by atoms with Crippen LogP contribution in [-0.4, -0.2) is 38.4 Å². The first-order chi connectivity index (χ1) is 10.8. The summed E-state index contributed by atoms with van der Waals surface area (Å²) in [5.41, 5.74) is -2.22. The van der Waals surface area contributed by atoms with Crippen molar-refractivity contribution in [1.29, 1.82) is 0 Å². The third-order valence-corrected chi connectivity index (χ3v) is 2.72. The van der Waals surface area contributed by atoms with Gasteiger partial charge in [0.1, 0.15) is 0 Å². The van der Waals surface area contributed by atoms with Gasteiger partial charge in [0, 0.05) is 26.3 Å². The number of aliphatic hydroxyl groups excluding tert-OH is 1. The Bertz CT molecular complexity index is 670. The summed E-state index contributed by atoms with van der Waals surface area (Å²) in [4.78, 5) is 11.7. The van der Waals surface area contributed by atoms with Crippen molar-refractivity contribution in [3.8, 4) is 0 Å². The number of hydrogen-bond donors (Lipinski definition) is 1. The predicted molar refractivity (Wildman–Crippen MR) is 74.7 cm³/mol. The summed E-state index contributed by atoms with van der Waals surface area (Å²) in [7, 11) is 0. The average molecular weight is 545 g/mol. The van der Waals surface area contributed by atoms with Crippen LogP contribution in [-0.2, 0) is 20.1 Å². The van der Waals surface area contributed by atoms with Crippen molar-refractivity contribution in [2.45, 2.75) is 31.6 Å². The molecule has 1 aliphatic carbocycles. The summed E-state index contributed by atoms with van der Waals surface area (Å²) in [6.07, 6.45) is 3.16. The SMILES string of the molecule is CC(=[OH+])/C=C(/C)O.FC1(F)[C-]=C(c2ccccn2)C(F)(F)C1(F)F.[Ir]. The number of rotatable bonds is 2. The molecule has 0 bridgehead atoms. The van der Waals surface area contributed by atoms with E-state index in [9.17, 15) is 26.3 Å². The molecular formula is C15H13F6IrNO2. The van der Waals surface area contributed by atoms with E-state index in [-0.39, 0.29) is 31.6 Å². The minimum Gasteiger partial charge on any atom is -0.512 e. The topological polar surface area (TPSA) is 54.5 Å². The zero-order valence-corrected chi connectivity index (χ0v) is 15.2. The van der Waals surface area contributed by atoms with Crippen molar-refractivity contribution < 1.29 is 56.3 Å². The molecule has 0 aromatic carbocycles. The first kappa shape index (κ1) is 23.3. The van der Waals surface area contributed by atoms with E-state index in [2.05, 4.69) is 4.98 Å². The molecule has 2 N–H and O–H groups in total. The fourth-order valence-corrected chi connectivity index (χ4v) is 1.71. The molecule has 0 atom stereocenters. The molecule has 1 aromatic heterocycles. The zero-order valence-electron chi connectivity index (χ0n) is 12.8. The van der Waals surface area contributed by atoms with Gasteiger partial charge in [-0.15, -0.1) is 11.6 Å². The summed E-state index contributed by atoms with van der Waals surface area (Å²) in [6, 6.07) is 3.50. The second-order valence-electron chi connectivity index (χ2n) is 4.87. The van der Waals surface area contributed by atoms with Crippen LogP contribution < -0.4 is 0 Å². The first-order valence-corrected chi connectivity index (χ1v) is 6.43. The standard InChI is InChI=1S/C10H4F6N.C5H8O2.Ir/c11-8(12)5-6(7-3-1-2-4-17-7)9(13,14)10(8,15)16;1-4(6)3-5(2)7;/h1-4H;3,6H,1-2H3;/q-1;;/p+1/b;4-3-;. The molecule has 2 rings (SSSR count). The summed E-state index contributed by atoms with van der Waals surface area (Å²) < 4.78 is 77.6. The summed E-state index contributed by atoms with van der Waals surface area (Å²) in [5.74, 6) is -15.2. The number of pyridine rings is 1. The van der Waals surface area contributed by atoms with Crippen molar-refractivity contribution in [3.63, 3.8) is 0 Å². The molecule has 1 aliphatic rings. The summed E-state index contributed by atoms with van der Waals surface area (Å²) in [5, 5.41) is 8.40. The van der Waals surface area contributed by atoms with Gasteiger partial charge in [0.05, 0.1) is 18.8 Å². The number of carbonyl (C=O) groups excluding carboxylic acids is 1. The molecule has 1 heterocycles. The van der Waals surface area contributed by atoms with E-state index in [4.69, 9.17) is 9.90 Å². The third-order valence-electron chi connectivity index (χ3n) is 2.72. The molecule has 0 amide bonds. The van der Waals surface area contributed by atoms with Gasteiger partial charge in [-0.1, -0.05) is 11.8 Å². The van der Waals surface area contributed by atoms with Gasteiger partial charge >= 0.3 is 17.6 Å². The van der Waals surface area contributed by atoms with E-state index in [0.29, 0.717) is 0 Å². The summed E-state index contributed by atoms with van der Waals surface area (Å²) in [6.45, 7) is 3.00. The Labute approximate surface area is 152 Å². The fourth-order valence-electron chi connectivity index (χ4n) is 1.71. The Morgan fingerprint density at radius 2 is 1.72 bits per heavy atom. The van der Waals surface area contributed by atoms with Crippen LogP contribution in [0.25, 0.3) is 5.57 Å². The maximum absolute atomic E-state index is 13.2. The fraction of sp³-hybridized carbons (Fsp3) is 0.333. The maximum Gasteiger partial charge on any atom is 0.360 e. The molecule has 3 nitrogen and oxygen atoms in total. The van der Waals surface area contributed by atoms with Crippen LogP contribution in [0, 0.1) is 6.08 Å². The number of aliphatic hydroxyl groups is 1. The van der Waals surface area contributed by atoms with Gasteiger partial charge in [-0.2, -0.15) is 23.6 Å². The van der Waals surface area contributed by atoms with Crippen LogP contribution in [0.15, 0.2) is 36.2 Å². The van der Waals surface area contributed by atoms with E-state index in [1.165, 1.54) is 32.1 Å². The van der Waals surface area contributed by atoms with Crippen LogP contribution in [0.5, 0.6) is 0 Å². The van der Waals surface area contributed by atoms with Crippen LogP contribution in [0.1, 0.15) is 19.5 Å². The van der Waals surface area contributed by atoms with Gasteiger partial charge in [0.25, 0.3) is 5.92 Å². The monoisotopic (exact) mass is 546 g/mol. The van der Waals surface area contributed by atoms with Gasteiger partial charge in [-0.25, -0.2) is 8.78 Å². The number of nitrogens with zero attached hydrogens (tertiary/aromatic N) is 1. The molecular weight excluding hydrogens is 532 g/mol. The largest absolute Gasteiger partial charge is 0.512 e. The van der Waals surface area contributed by atoms with Crippen molar-refractivity contribution >= 4 is 11.4 Å². The van der Waals surface area contributed by atoms with Gasteiger partial charge in [-0.3, -0.25) is 4.79 Å². The normalized spacial score (nSPS) is 19.8. The Morgan fingerprint density at radius 3 is 2.00 bits per heavy atom. The Balaban J connectivity index is 0.000000620. The second kappa shape index (κ2) is 8.14. The number of alkyl halides is 6. The van der Waals surface area contributed by atoms with E-state index in [1.807, 2.05) is 0 Å². The quantitative estimate of drug-likeness (QED) is 0.199. The van der Waals surface area contributed by atoms with Crippen LogP contribution in [0.2, 0.25) is 0 Å². The molecule has 0 saturated carbocycles. The van der Waals surface area contributed by atoms with Crippen molar-refractivity contribution in [3.05, 3.63) is 48.0 Å². The molecule has 0 spiro atoms. The maximum atomic E-state index is 13.2. The second-order valence-corrected chi connectivity index (χ2v) is 4.87. The molecule has 1 radical (unpaired) electrons. The molecule has 25 heavy (non-hydrogen) atoms. The van der Waals surface area contributed by atoms with Crippen molar-refractivity contribution in [1.82, 2.24) is 4.98 Å². The molecule has 0 fully saturated rings. The van der Waals surface area contributed by atoms with Crippen molar-refractivity contribution in [2.75, 3.05) is 0 Å². The molecule has 10 heteroatoms. The Hall–Kier alpha value is -1.67. The zero-order chi connectivity index (χ0) is 18.8. The number of allylic oxidation sites excluding steroid dienone is 4.